The Morgan fingerprint density at radius 1 is 1.50 bits per heavy atom. The van der Waals surface area contributed by atoms with E-state index in [-0.39, 0.29) is 22.9 Å². The smallest absolute Gasteiger partial charge is 0.349 e. The first kappa shape index (κ1) is 15.1. The third-order valence-corrected chi connectivity index (χ3v) is 4.69. The molecule has 0 atom stereocenters. The Hall–Kier alpha value is -0.960. The Morgan fingerprint density at radius 3 is 2.83 bits per heavy atom. The highest BCUT2D eigenvalue weighted by Crippen LogP contribution is 2.22. The fourth-order valence-electron chi connectivity index (χ4n) is 1.27. The van der Waals surface area contributed by atoms with Crippen LogP contribution >= 0.6 is 11.3 Å². The minimum atomic E-state index is -3.71. The first-order valence-electron chi connectivity index (χ1n) is 5.29. The van der Waals surface area contributed by atoms with Gasteiger partial charge in [-0.2, -0.15) is 0 Å². The van der Waals surface area contributed by atoms with Gasteiger partial charge in [0, 0.05) is 13.2 Å². The first-order valence-corrected chi connectivity index (χ1v) is 7.65. The van der Waals surface area contributed by atoms with Crippen molar-refractivity contribution in [2.75, 3.05) is 20.3 Å². The van der Waals surface area contributed by atoms with Crippen molar-refractivity contribution >= 4 is 27.3 Å². The van der Waals surface area contributed by atoms with Gasteiger partial charge in [0.25, 0.3) is 0 Å². The monoisotopic (exact) mass is 293 g/mol. The summed E-state index contributed by atoms with van der Waals surface area (Å²) in [5.74, 6) is -0.666. The van der Waals surface area contributed by atoms with Crippen molar-refractivity contribution in [1.29, 1.82) is 0 Å². The highest BCUT2D eigenvalue weighted by molar-refractivity contribution is 7.89. The van der Waals surface area contributed by atoms with Gasteiger partial charge in [-0.15, -0.1) is 11.3 Å². The number of rotatable bonds is 7. The summed E-state index contributed by atoms with van der Waals surface area (Å²) in [6, 6.07) is 1.37. The van der Waals surface area contributed by atoms with Crippen LogP contribution in [0.2, 0.25) is 0 Å². The molecule has 8 heteroatoms. The number of methoxy groups -OCH3 is 1. The fourth-order valence-corrected chi connectivity index (χ4v) is 3.68. The number of nitrogens with one attached hydrogen (secondary N) is 1. The summed E-state index contributed by atoms with van der Waals surface area (Å²) in [6.45, 7) is 0.243. The van der Waals surface area contributed by atoms with Crippen LogP contribution in [0.15, 0.2) is 16.3 Å². The molecule has 0 amide bonds. The minimum absolute atomic E-state index is 0.0214. The molecule has 0 aliphatic carbocycles. The molecule has 0 saturated heterocycles. The van der Waals surface area contributed by atoms with Crippen molar-refractivity contribution in [2.24, 2.45) is 0 Å². The van der Waals surface area contributed by atoms with Crippen LogP contribution in [-0.4, -0.2) is 39.8 Å². The summed E-state index contributed by atoms with van der Waals surface area (Å²) in [5, 5.41) is 10.1. The molecule has 6 nitrogen and oxygen atoms in total. The SMILES string of the molecule is COC(=O)c1sccc1S(=O)(=O)NCCCCO. The van der Waals surface area contributed by atoms with E-state index in [2.05, 4.69) is 9.46 Å². The summed E-state index contributed by atoms with van der Waals surface area (Å²) >= 11 is 1.02. The van der Waals surface area contributed by atoms with E-state index < -0.39 is 16.0 Å². The molecule has 0 aliphatic heterocycles. The predicted molar refractivity (Wildman–Crippen MR) is 67.2 cm³/mol. The standard InChI is InChI=1S/C10H15NO5S2/c1-16-10(13)9-8(4-7-17-9)18(14,15)11-5-2-3-6-12/h4,7,11-12H,2-3,5-6H2,1H3. The van der Waals surface area contributed by atoms with Crippen LogP contribution in [-0.2, 0) is 14.8 Å². The molecule has 0 bridgehead atoms. The Bertz CT molecular complexity index is 494. The number of ether oxygens (including phenoxy) is 1. The molecule has 1 rings (SSSR count). The highest BCUT2D eigenvalue weighted by atomic mass is 32.2. The maximum Gasteiger partial charge on any atom is 0.349 e. The van der Waals surface area contributed by atoms with E-state index >= 15 is 0 Å². The number of aliphatic hydroxyl groups excluding tert-OH is 1. The van der Waals surface area contributed by atoms with Crippen LogP contribution in [0.4, 0.5) is 0 Å². The lowest BCUT2D eigenvalue weighted by atomic mass is 10.3. The summed E-state index contributed by atoms with van der Waals surface area (Å²) < 4.78 is 30.7. The number of esters is 1. The molecule has 2 N–H and O–H groups in total. The molecular formula is C10H15NO5S2. The Labute approximate surface area is 110 Å². The van der Waals surface area contributed by atoms with Crippen molar-refractivity contribution in [2.45, 2.75) is 17.7 Å². The number of carbonyl (C=O) groups is 1. The molecule has 0 aliphatic rings. The van der Waals surface area contributed by atoms with Gasteiger partial charge in [-0.05, 0) is 24.3 Å². The van der Waals surface area contributed by atoms with Crippen LogP contribution in [0, 0.1) is 0 Å². The second-order valence-corrected chi connectivity index (χ2v) is 6.09. The molecule has 0 unspecified atom stereocenters. The zero-order valence-electron chi connectivity index (χ0n) is 9.88. The molecule has 1 aromatic heterocycles. The Kier molecular flexibility index (Phi) is 5.73. The number of carbonyl (C=O) groups excluding carboxylic acids is 1. The second-order valence-electron chi connectivity index (χ2n) is 3.43. The number of thiophene rings is 1. The number of aliphatic hydroxyl groups is 1. The topological polar surface area (TPSA) is 92.7 Å². The van der Waals surface area contributed by atoms with Crippen molar-refractivity contribution in [3.05, 3.63) is 16.3 Å². The lowest BCUT2D eigenvalue weighted by Gasteiger charge is -2.06. The van der Waals surface area contributed by atoms with E-state index in [9.17, 15) is 13.2 Å². The average Bonchev–Trinajstić information content (AvgIpc) is 2.83. The predicted octanol–water partition coefficient (Wildman–Crippen LogP) is 0.586. The fraction of sp³-hybridized carbons (Fsp3) is 0.500. The van der Waals surface area contributed by atoms with Gasteiger partial charge < -0.3 is 9.84 Å². The summed E-state index contributed by atoms with van der Waals surface area (Å²) in [7, 11) is -2.50. The van der Waals surface area contributed by atoms with Crippen LogP contribution in [0.25, 0.3) is 0 Å². The molecule has 0 radical (unpaired) electrons. The Morgan fingerprint density at radius 2 is 2.22 bits per heavy atom. The molecule has 0 spiro atoms. The van der Waals surface area contributed by atoms with Gasteiger partial charge in [0.15, 0.2) is 0 Å². The van der Waals surface area contributed by atoms with E-state index in [1.54, 1.807) is 0 Å². The number of unbranched alkanes of at least 4 members (excludes halogenated alkanes) is 1. The number of hydrogen-bond acceptors (Lipinski definition) is 6. The van der Waals surface area contributed by atoms with Gasteiger partial charge in [0.1, 0.15) is 9.77 Å². The Balaban J connectivity index is 2.79. The van der Waals surface area contributed by atoms with E-state index in [1.165, 1.54) is 18.6 Å². The zero-order chi connectivity index (χ0) is 13.6. The summed E-state index contributed by atoms with van der Waals surface area (Å²) in [6.07, 6.45) is 1.06. The first-order chi connectivity index (χ1) is 8.53. The molecule has 0 fully saturated rings. The van der Waals surface area contributed by atoms with Crippen molar-refractivity contribution < 1.29 is 23.1 Å². The largest absolute Gasteiger partial charge is 0.465 e. The van der Waals surface area contributed by atoms with Gasteiger partial charge in [-0.25, -0.2) is 17.9 Å². The quantitative estimate of drug-likeness (QED) is 0.567. The van der Waals surface area contributed by atoms with Crippen LogP contribution in [0.5, 0.6) is 0 Å². The number of hydrogen-bond donors (Lipinski definition) is 2. The van der Waals surface area contributed by atoms with Crippen LogP contribution in [0.1, 0.15) is 22.5 Å². The van der Waals surface area contributed by atoms with Crippen molar-refractivity contribution in [1.82, 2.24) is 4.72 Å². The second kappa shape index (κ2) is 6.83. The molecule has 1 aromatic rings. The summed E-state index contributed by atoms with van der Waals surface area (Å²) in [5.41, 5.74) is 0. The van der Waals surface area contributed by atoms with Gasteiger partial charge in [-0.3, -0.25) is 0 Å². The molecule has 0 saturated carbocycles. The van der Waals surface area contributed by atoms with Crippen LogP contribution < -0.4 is 4.72 Å². The minimum Gasteiger partial charge on any atom is -0.465 e. The molecular weight excluding hydrogens is 278 g/mol. The molecule has 102 valence electrons. The van der Waals surface area contributed by atoms with E-state index in [0.29, 0.717) is 12.8 Å². The lowest BCUT2D eigenvalue weighted by Crippen LogP contribution is -2.26. The van der Waals surface area contributed by atoms with Crippen LogP contribution in [0.3, 0.4) is 0 Å². The normalized spacial score (nSPS) is 11.4. The molecule has 0 aromatic carbocycles. The van der Waals surface area contributed by atoms with Gasteiger partial charge in [0.05, 0.1) is 7.11 Å². The highest BCUT2D eigenvalue weighted by Gasteiger charge is 2.23. The maximum absolute atomic E-state index is 11.9. The van der Waals surface area contributed by atoms with E-state index in [0.717, 1.165) is 11.3 Å². The van der Waals surface area contributed by atoms with Crippen molar-refractivity contribution in [3.63, 3.8) is 0 Å². The summed E-state index contributed by atoms with van der Waals surface area (Å²) in [4.78, 5) is 11.4. The maximum atomic E-state index is 11.9. The zero-order valence-corrected chi connectivity index (χ0v) is 11.5. The average molecular weight is 293 g/mol. The third-order valence-electron chi connectivity index (χ3n) is 2.17. The van der Waals surface area contributed by atoms with Gasteiger partial charge in [0.2, 0.25) is 10.0 Å². The molecule has 18 heavy (non-hydrogen) atoms. The number of sulfonamides is 1. The van der Waals surface area contributed by atoms with Gasteiger partial charge >= 0.3 is 5.97 Å². The van der Waals surface area contributed by atoms with Gasteiger partial charge in [-0.1, -0.05) is 0 Å². The third kappa shape index (κ3) is 3.77. The molecule has 1 heterocycles. The lowest BCUT2D eigenvalue weighted by molar-refractivity contribution is 0.0602. The van der Waals surface area contributed by atoms with E-state index in [4.69, 9.17) is 5.11 Å². The van der Waals surface area contributed by atoms with E-state index in [1.807, 2.05) is 0 Å². The van der Waals surface area contributed by atoms with Crippen molar-refractivity contribution in [3.8, 4) is 0 Å².